The third-order valence-corrected chi connectivity index (χ3v) is 6.61. The van der Waals surface area contributed by atoms with Crippen LogP contribution in [0.4, 0.5) is 10.5 Å². The van der Waals surface area contributed by atoms with E-state index in [4.69, 9.17) is 9.73 Å². The van der Waals surface area contributed by atoms with E-state index >= 15 is 0 Å². The zero-order valence-electron chi connectivity index (χ0n) is 20.3. The minimum atomic E-state index is -0.00734. The number of urea groups is 1. The van der Waals surface area contributed by atoms with Crippen molar-refractivity contribution in [3.05, 3.63) is 29.8 Å². The summed E-state index contributed by atoms with van der Waals surface area (Å²) in [6, 6.07) is 7.98. The van der Waals surface area contributed by atoms with E-state index in [2.05, 4.69) is 35.9 Å². The molecule has 1 saturated carbocycles. The van der Waals surface area contributed by atoms with Crippen LogP contribution in [-0.2, 0) is 11.3 Å². The number of guanidine groups is 1. The van der Waals surface area contributed by atoms with Crippen LogP contribution in [0.25, 0.3) is 0 Å². The molecular weight excluding hydrogens is 529 g/mol. The van der Waals surface area contributed by atoms with E-state index < -0.39 is 0 Å². The number of likely N-dealkylation sites (tertiary alicyclic amines) is 1. The summed E-state index contributed by atoms with van der Waals surface area (Å²) in [5.74, 6) is 0.849. The molecule has 7 nitrogen and oxygen atoms in total. The zero-order valence-corrected chi connectivity index (χ0v) is 22.7. The fourth-order valence-electron chi connectivity index (χ4n) is 4.73. The van der Waals surface area contributed by atoms with E-state index in [1.54, 1.807) is 0 Å². The summed E-state index contributed by atoms with van der Waals surface area (Å²) < 4.78 is 5.64. The SMILES string of the molecule is CCNC(=NCc1cccc(NC(=O)N2CCCC2)c1)NCC1(CCOCC)CCCC1.I. The topological polar surface area (TPSA) is 78.0 Å². The van der Waals surface area contributed by atoms with E-state index in [1.165, 1.54) is 25.7 Å². The number of hydrogen-bond acceptors (Lipinski definition) is 3. The highest BCUT2D eigenvalue weighted by atomic mass is 127. The maximum absolute atomic E-state index is 12.4. The molecule has 1 aromatic rings. The standard InChI is InChI=1S/C25H41N5O2.HI/c1-3-26-23(28-20-25(12-5-6-13-25)14-17-32-4-2)27-19-21-10-9-11-22(18-21)29-24(31)30-15-7-8-16-30;/h9-11,18H,3-8,12-17,19-20H2,1-2H3,(H,29,31)(H2,26,27,28);1H. The number of halogens is 1. The van der Waals surface area contributed by atoms with Crippen molar-refractivity contribution in [2.45, 2.75) is 65.3 Å². The second-order valence-corrected chi connectivity index (χ2v) is 9.03. The first-order chi connectivity index (χ1) is 15.6. The summed E-state index contributed by atoms with van der Waals surface area (Å²) in [7, 11) is 0. The second kappa shape index (κ2) is 14.7. The van der Waals surface area contributed by atoms with Gasteiger partial charge in [-0.3, -0.25) is 0 Å². The van der Waals surface area contributed by atoms with Crippen LogP contribution in [0, 0.1) is 5.41 Å². The lowest BCUT2D eigenvalue weighted by Crippen LogP contribution is -2.43. The third-order valence-electron chi connectivity index (χ3n) is 6.61. The van der Waals surface area contributed by atoms with Gasteiger partial charge in [0.2, 0.25) is 0 Å². The number of carbonyl (C=O) groups excluding carboxylic acids is 1. The quantitative estimate of drug-likeness (QED) is 0.160. The molecule has 3 rings (SSSR count). The molecule has 1 heterocycles. The minimum Gasteiger partial charge on any atom is -0.382 e. The van der Waals surface area contributed by atoms with Gasteiger partial charge in [-0.05, 0) is 69.1 Å². The van der Waals surface area contributed by atoms with Crippen LogP contribution < -0.4 is 16.0 Å². The van der Waals surface area contributed by atoms with Crippen LogP contribution >= 0.6 is 24.0 Å². The summed E-state index contributed by atoms with van der Waals surface area (Å²) >= 11 is 0. The molecule has 0 radical (unpaired) electrons. The molecular formula is C25H42IN5O2. The smallest absolute Gasteiger partial charge is 0.321 e. The van der Waals surface area contributed by atoms with Gasteiger partial charge in [-0.25, -0.2) is 9.79 Å². The molecule has 0 unspecified atom stereocenters. The number of hydrogen-bond donors (Lipinski definition) is 3. The van der Waals surface area contributed by atoms with Crippen molar-refractivity contribution >= 4 is 41.7 Å². The highest BCUT2D eigenvalue weighted by Crippen LogP contribution is 2.40. The fourth-order valence-corrected chi connectivity index (χ4v) is 4.73. The monoisotopic (exact) mass is 571 g/mol. The number of amides is 2. The van der Waals surface area contributed by atoms with Crippen LogP contribution in [0.1, 0.15) is 64.4 Å². The summed E-state index contributed by atoms with van der Waals surface area (Å²) in [4.78, 5) is 19.1. The summed E-state index contributed by atoms with van der Waals surface area (Å²) in [5, 5.41) is 9.99. The number of rotatable bonds is 10. The van der Waals surface area contributed by atoms with Crippen molar-refractivity contribution in [1.82, 2.24) is 15.5 Å². The van der Waals surface area contributed by atoms with Crippen molar-refractivity contribution in [3.8, 4) is 0 Å². The number of benzene rings is 1. The van der Waals surface area contributed by atoms with Gasteiger partial charge in [-0.15, -0.1) is 24.0 Å². The lowest BCUT2D eigenvalue weighted by molar-refractivity contribution is 0.105. The lowest BCUT2D eigenvalue weighted by Gasteiger charge is -2.30. The van der Waals surface area contributed by atoms with E-state index in [0.717, 1.165) is 75.9 Å². The Morgan fingerprint density at radius 3 is 2.58 bits per heavy atom. The summed E-state index contributed by atoms with van der Waals surface area (Å²) in [5.41, 5.74) is 2.22. The molecule has 0 spiro atoms. The molecule has 0 atom stereocenters. The Labute approximate surface area is 216 Å². The Morgan fingerprint density at radius 1 is 1.12 bits per heavy atom. The van der Waals surface area contributed by atoms with Gasteiger partial charge in [-0.2, -0.15) is 0 Å². The molecule has 2 aliphatic rings. The number of nitrogens with zero attached hydrogens (tertiary/aromatic N) is 2. The molecule has 1 saturated heterocycles. The van der Waals surface area contributed by atoms with Crippen molar-refractivity contribution in [2.75, 3.05) is 44.7 Å². The molecule has 1 aromatic carbocycles. The number of carbonyl (C=O) groups is 1. The molecule has 1 aliphatic carbocycles. The number of anilines is 1. The van der Waals surface area contributed by atoms with Crippen LogP contribution in [0.3, 0.4) is 0 Å². The molecule has 186 valence electrons. The van der Waals surface area contributed by atoms with Gasteiger partial charge >= 0.3 is 6.03 Å². The normalized spacial score (nSPS) is 17.5. The van der Waals surface area contributed by atoms with Crippen LogP contribution in [0.2, 0.25) is 0 Å². The molecule has 2 amide bonds. The summed E-state index contributed by atoms with van der Waals surface area (Å²) in [6.45, 7) is 9.77. The Morgan fingerprint density at radius 2 is 1.88 bits per heavy atom. The number of nitrogens with one attached hydrogen (secondary N) is 3. The highest BCUT2D eigenvalue weighted by molar-refractivity contribution is 14.0. The van der Waals surface area contributed by atoms with Gasteiger partial charge in [-0.1, -0.05) is 25.0 Å². The molecule has 33 heavy (non-hydrogen) atoms. The fraction of sp³-hybridized carbons (Fsp3) is 0.680. The van der Waals surface area contributed by atoms with Crippen LogP contribution in [-0.4, -0.2) is 56.3 Å². The second-order valence-electron chi connectivity index (χ2n) is 9.03. The first-order valence-corrected chi connectivity index (χ1v) is 12.4. The maximum atomic E-state index is 12.4. The predicted octanol–water partition coefficient (Wildman–Crippen LogP) is 4.97. The van der Waals surface area contributed by atoms with Gasteiger partial charge in [0.15, 0.2) is 5.96 Å². The Hall–Kier alpha value is -1.55. The van der Waals surface area contributed by atoms with E-state index in [9.17, 15) is 4.79 Å². The van der Waals surface area contributed by atoms with Crippen LogP contribution in [0.15, 0.2) is 29.3 Å². The van der Waals surface area contributed by atoms with Gasteiger partial charge in [0.25, 0.3) is 0 Å². The molecule has 0 aromatic heterocycles. The molecule has 8 heteroatoms. The molecule has 2 fully saturated rings. The van der Waals surface area contributed by atoms with Gasteiger partial charge < -0.3 is 25.6 Å². The number of ether oxygens (including phenoxy) is 1. The maximum Gasteiger partial charge on any atom is 0.321 e. The molecule has 1 aliphatic heterocycles. The third kappa shape index (κ3) is 8.96. The highest BCUT2D eigenvalue weighted by Gasteiger charge is 2.33. The largest absolute Gasteiger partial charge is 0.382 e. The van der Waals surface area contributed by atoms with Crippen molar-refractivity contribution in [3.63, 3.8) is 0 Å². The Bertz CT molecular complexity index is 746. The van der Waals surface area contributed by atoms with Crippen LogP contribution in [0.5, 0.6) is 0 Å². The van der Waals surface area contributed by atoms with Crippen molar-refractivity contribution in [1.29, 1.82) is 0 Å². The number of aliphatic imine (C=N–C) groups is 1. The van der Waals surface area contributed by atoms with Gasteiger partial charge in [0, 0.05) is 45.1 Å². The lowest BCUT2D eigenvalue weighted by atomic mass is 9.83. The van der Waals surface area contributed by atoms with E-state index in [1.807, 2.05) is 23.1 Å². The van der Waals surface area contributed by atoms with Crippen molar-refractivity contribution in [2.24, 2.45) is 10.4 Å². The molecule has 3 N–H and O–H groups in total. The molecule has 0 bridgehead atoms. The first-order valence-electron chi connectivity index (χ1n) is 12.4. The Balaban J connectivity index is 0.00000385. The zero-order chi connectivity index (χ0) is 22.7. The average molecular weight is 572 g/mol. The van der Waals surface area contributed by atoms with Gasteiger partial charge in [0.1, 0.15) is 0 Å². The minimum absolute atomic E-state index is 0. The first kappa shape index (κ1) is 27.7. The van der Waals surface area contributed by atoms with E-state index in [0.29, 0.717) is 12.0 Å². The van der Waals surface area contributed by atoms with Crippen molar-refractivity contribution < 1.29 is 9.53 Å². The summed E-state index contributed by atoms with van der Waals surface area (Å²) in [6.07, 6.45) is 8.40. The van der Waals surface area contributed by atoms with Gasteiger partial charge in [0.05, 0.1) is 6.54 Å². The predicted molar refractivity (Wildman–Crippen MR) is 147 cm³/mol. The van der Waals surface area contributed by atoms with E-state index in [-0.39, 0.29) is 30.0 Å². The average Bonchev–Trinajstić information content (AvgIpc) is 3.49. The Kier molecular flexibility index (Phi) is 12.3.